The summed E-state index contributed by atoms with van der Waals surface area (Å²) in [6.07, 6.45) is 0. The Balaban J connectivity index is 2.97. The molecule has 6 heteroatoms. The largest absolute Gasteiger partial charge is 0.396 e. The Morgan fingerprint density at radius 2 is 2.00 bits per heavy atom. The van der Waals surface area contributed by atoms with E-state index in [9.17, 15) is 8.78 Å². The van der Waals surface area contributed by atoms with Crippen LogP contribution >= 0.6 is 0 Å². The second-order valence-corrected chi connectivity index (χ2v) is 4.35. The first-order valence-electron chi connectivity index (χ1n) is 5.34. The summed E-state index contributed by atoms with van der Waals surface area (Å²) >= 11 is 0. The van der Waals surface area contributed by atoms with Gasteiger partial charge in [0.25, 0.3) is 5.92 Å². The van der Waals surface area contributed by atoms with Crippen LogP contribution in [0, 0.1) is 25.2 Å². The fraction of sp³-hybridized carbons (Fsp3) is 0.333. The Morgan fingerprint density at radius 1 is 1.39 bits per heavy atom. The molecule has 0 unspecified atom stereocenters. The zero-order valence-corrected chi connectivity index (χ0v) is 10.2. The average molecular weight is 250 g/mol. The number of nitriles is 1. The highest BCUT2D eigenvalue weighted by Crippen LogP contribution is 2.35. The molecule has 0 saturated heterocycles. The maximum absolute atomic E-state index is 13.5. The van der Waals surface area contributed by atoms with Gasteiger partial charge in [-0.2, -0.15) is 14.0 Å². The van der Waals surface area contributed by atoms with E-state index in [0.29, 0.717) is 18.0 Å². The maximum atomic E-state index is 13.5. The van der Waals surface area contributed by atoms with Crippen molar-refractivity contribution in [1.82, 2.24) is 9.97 Å². The molecule has 0 atom stereocenters. The average Bonchev–Trinajstić information content (AvgIpc) is 2.55. The van der Waals surface area contributed by atoms with Gasteiger partial charge >= 0.3 is 0 Å². The third kappa shape index (κ3) is 1.59. The molecule has 3 N–H and O–H groups in total. The lowest BCUT2D eigenvalue weighted by molar-refractivity contribution is 0.0128. The van der Waals surface area contributed by atoms with Crippen LogP contribution in [0.1, 0.15) is 29.4 Å². The zero-order valence-electron chi connectivity index (χ0n) is 10.2. The zero-order chi connectivity index (χ0) is 13.7. The number of nitrogen functional groups attached to an aromatic ring is 1. The minimum atomic E-state index is -3.20. The highest BCUT2D eigenvalue weighted by atomic mass is 19.3. The summed E-state index contributed by atoms with van der Waals surface area (Å²) in [7, 11) is 0. The van der Waals surface area contributed by atoms with Crippen LogP contribution in [0.2, 0.25) is 0 Å². The van der Waals surface area contributed by atoms with Crippen LogP contribution in [0.3, 0.4) is 0 Å². The molecule has 0 aromatic carbocycles. The van der Waals surface area contributed by atoms with Gasteiger partial charge in [0, 0.05) is 12.6 Å². The smallest absolute Gasteiger partial charge is 0.288 e. The molecule has 0 fully saturated rings. The molecule has 0 amide bonds. The van der Waals surface area contributed by atoms with Gasteiger partial charge in [-0.1, -0.05) is 0 Å². The van der Waals surface area contributed by atoms with Crippen LogP contribution in [0.5, 0.6) is 0 Å². The number of pyridine rings is 1. The molecule has 0 aliphatic rings. The molecule has 0 radical (unpaired) electrons. The monoisotopic (exact) mass is 250 g/mol. The predicted molar refractivity (Wildman–Crippen MR) is 64.3 cm³/mol. The number of anilines is 1. The topological polar surface area (TPSA) is 78.5 Å². The lowest BCUT2D eigenvalue weighted by Crippen LogP contribution is -2.14. The van der Waals surface area contributed by atoms with E-state index in [1.54, 1.807) is 19.9 Å². The van der Waals surface area contributed by atoms with Gasteiger partial charge in [-0.05, 0) is 19.4 Å². The fourth-order valence-corrected chi connectivity index (χ4v) is 1.89. The quantitative estimate of drug-likeness (QED) is 0.816. The number of aromatic amines is 1. The number of halogens is 2. The van der Waals surface area contributed by atoms with Crippen molar-refractivity contribution in [1.29, 1.82) is 5.26 Å². The summed E-state index contributed by atoms with van der Waals surface area (Å²) in [5, 5.41) is 8.98. The number of nitrogens with one attached hydrogen (secondary N) is 1. The number of hydrogen-bond acceptors (Lipinski definition) is 3. The van der Waals surface area contributed by atoms with E-state index in [1.807, 2.05) is 0 Å². The molecular formula is C12H12F2N4. The fourth-order valence-electron chi connectivity index (χ4n) is 1.89. The van der Waals surface area contributed by atoms with E-state index in [-0.39, 0.29) is 11.3 Å². The van der Waals surface area contributed by atoms with Crippen molar-refractivity contribution >= 4 is 16.7 Å². The van der Waals surface area contributed by atoms with Crippen molar-refractivity contribution < 1.29 is 8.78 Å². The van der Waals surface area contributed by atoms with Crippen LogP contribution in [-0.4, -0.2) is 9.97 Å². The third-order valence-corrected chi connectivity index (χ3v) is 2.99. The Bertz CT molecular complexity index is 674. The van der Waals surface area contributed by atoms with E-state index < -0.39 is 11.6 Å². The highest BCUT2D eigenvalue weighted by Gasteiger charge is 2.32. The van der Waals surface area contributed by atoms with E-state index in [2.05, 4.69) is 9.97 Å². The second-order valence-electron chi connectivity index (χ2n) is 4.35. The molecule has 2 heterocycles. The Morgan fingerprint density at radius 3 is 2.50 bits per heavy atom. The Labute approximate surface area is 102 Å². The minimum absolute atomic E-state index is 0.0234. The summed E-state index contributed by atoms with van der Waals surface area (Å²) in [6.45, 7) is 4.27. The summed E-state index contributed by atoms with van der Waals surface area (Å²) in [6, 6.07) is 1.70. The van der Waals surface area contributed by atoms with Crippen molar-refractivity contribution in [2.45, 2.75) is 26.7 Å². The van der Waals surface area contributed by atoms with Gasteiger partial charge in [0.15, 0.2) is 0 Å². The van der Waals surface area contributed by atoms with Crippen LogP contribution in [0.15, 0.2) is 0 Å². The SMILES string of the molecule is Cc1[nH]c2c(N)c(C#N)c(C(C)(F)F)nc2c1C. The normalized spacial score (nSPS) is 11.8. The molecule has 0 aliphatic heterocycles. The van der Waals surface area contributed by atoms with Gasteiger partial charge in [-0.15, -0.1) is 0 Å². The minimum Gasteiger partial charge on any atom is -0.396 e. The summed E-state index contributed by atoms with van der Waals surface area (Å²) in [4.78, 5) is 6.88. The van der Waals surface area contributed by atoms with Gasteiger partial charge in [-0.3, -0.25) is 0 Å². The first kappa shape index (κ1) is 12.3. The number of fused-ring (bicyclic) bond motifs is 1. The van der Waals surface area contributed by atoms with Crippen LogP contribution in [-0.2, 0) is 5.92 Å². The molecule has 0 aliphatic carbocycles. The molecule has 4 nitrogen and oxygen atoms in total. The highest BCUT2D eigenvalue weighted by molar-refractivity contribution is 5.93. The summed E-state index contributed by atoms with van der Waals surface area (Å²) < 4.78 is 26.9. The Hall–Kier alpha value is -2.16. The predicted octanol–water partition coefficient (Wildman–Crippen LogP) is 2.75. The van der Waals surface area contributed by atoms with Gasteiger partial charge in [0.1, 0.15) is 17.3 Å². The van der Waals surface area contributed by atoms with Crippen molar-refractivity contribution in [3.63, 3.8) is 0 Å². The molecule has 0 spiro atoms. The van der Waals surface area contributed by atoms with Crippen LogP contribution in [0.4, 0.5) is 14.5 Å². The van der Waals surface area contributed by atoms with Crippen molar-refractivity contribution in [2.75, 3.05) is 5.73 Å². The first-order chi connectivity index (χ1) is 8.27. The second kappa shape index (κ2) is 3.67. The molecule has 0 saturated carbocycles. The summed E-state index contributed by atoms with van der Waals surface area (Å²) in [5.41, 5.74) is 7.35. The van der Waals surface area contributed by atoms with E-state index in [0.717, 1.165) is 11.3 Å². The standard InChI is InChI=1S/C12H12F2N4/c1-5-6(2)17-10-8(16)7(4-15)11(12(3,13)14)18-9(5)10/h17H,1-3H3,(H2,16,18). The molecule has 18 heavy (non-hydrogen) atoms. The van der Waals surface area contributed by atoms with Crippen LogP contribution < -0.4 is 5.73 Å². The number of alkyl halides is 2. The lowest BCUT2D eigenvalue weighted by atomic mass is 10.1. The number of nitrogens with zero attached hydrogens (tertiary/aromatic N) is 2. The number of H-pyrrole nitrogens is 1. The van der Waals surface area contributed by atoms with Gasteiger partial charge in [0.05, 0.1) is 16.7 Å². The van der Waals surface area contributed by atoms with Gasteiger partial charge in [-0.25, -0.2) is 4.98 Å². The molecule has 2 aromatic rings. The maximum Gasteiger partial charge on any atom is 0.288 e. The van der Waals surface area contributed by atoms with Crippen LogP contribution in [0.25, 0.3) is 11.0 Å². The van der Waals surface area contributed by atoms with E-state index >= 15 is 0 Å². The number of rotatable bonds is 1. The molecule has 2 aromatic heterocycles. The molecule has 0 bridgehead atoms. The number of aromatic nitrogens is 2. The summed E-state index contributed by atoms with van der Waals surface area (Å²) in [5.74, 6) is -3.20. The lowest BCUT2D eigenvalue weighted by Gasteiger charge is -2.13. The molecule has 94 valence electrons. The van der Waals surface area contributed by atoms with Crippen molar-refractivity contribution in [2.24, 2.45) is 0 Å². The number of aryl methyl sites for hydroxylation is 2. The third-order valence-electron chi connectivity index (χ3n) is 2.99. The van der Waals surface area contributed by atoms with Crippen molar-refractivity contribution in [3.8, 4) is 6.07 Å². The van der Waals surface area contributed by atoms with E-state index in [4.69, 9.17) is 11.0 Å². The first-order valence-corrected chi connectivity index (χ1v) is 5.34. The van der Waals surface area contributed by atoms with Gasteiger partial charge < -0.3 is 10.7 Å². The van der Waals surface area contributed by atoms with E-state index in [1.165, 1.54) is 0 Å². The molecule has 2 rings (SSSR count). The van der Waals surface area contributed by atoms with Gasteiger partial charge in [0.2, 0.25) is 0 Å². The Kier molecular flexibility index (Phi) is 2.51. The number of nitrogens with two attached hydrogens (primary N) is 1. The van der Waals surface area contributed by atoms with Crippen molar-refractivity contribution in [3.05, 3.63) is 22.5 Å². The number of hydrogen-bond donors (Lipinski definition) is 2. The molecular weight excluding hydrogens is 238 g/mol.